The van der Waals surface area contributed by atoms with Crippen molar-refractivity contribution in [1.82, 2.24) is 0 Å². The Morgan fingerprint density at radius 2 is 1.40 bits per heavy atom. The minimum Gasteiger partial charge on any atom is -0.126 e. The molecule has 62 valence electrons. The van der Waals surface area contributed by atoms with E-state index in [-0.39, 0.29) is 0 Å². The van der Waals surface area contributed by atoms with E-state index >= 15 is 0 Å². The van der Waals surface area contributed by atoms with E-state index in [1.54, 1.807) is 0 Å². The summed E-state index contributed by atoms with van der Waals surface area (Å²) in [4.78, 5) is 0. The summed E-state index contributed by atoms with van der Waals surface area (Å²) in [6.07, 6.45) is 0.292. The van der Waals surface area contributed by atoms with Crippen LogP contribution in [-0.4, -0.2) is 9.80 Å². The Hall–Kier alpha value is 1.96. The van der Waals surface area contributed by atoms with E-state index < -0.39 is 9.80 Å². The van der Waals surface area contributed by atoms with Crippen molar-refractivity contribution in [1.29, 1.82) is 0 Å². The van der Waals surface area contributed by atoms with Crippen LogP contribution in [0.1, 0.15) is 6.42 Å². The van der Waals surface area contributed by atoms with Gasteiger partial charge in [-0.2, -0.15) is 0 Å². The highest BCUT2D eigenvalue weighted by atomic mass is 35.8. The van der Waals surface area contributed by atoms with E-state index in [2.05, 4.69) is 0 Å². The van der Waals surface area contributed by atoms with Gasteiger partial charge in [0.25, 0.3) is 0 Å². The van der Waals surface area contributed by atoms with Gasteiger partial charge in [0.15, 0.2) is 3.79 Å². The van der Waals surface area contributed by atoms with Crippen LogP contribution >= 0.6 is 68.0 Å². The Bertz CT molecular complexity index is 86.5. The lowest BCUT2D eigenvalue weighted by molar-refractivity contribution is 0.965. The van der Waals surface area contributed by atoms with Gasteiger partial charge in [-0.05, 0) is 12.5 Å². The Kier molecular flexibility index (Phi) is 5.10. The van der Waals surface area contributed by atoms with Crippen molar-refractivity contribution in [2.75, 3.05) is 0 Å². The first-order valence-electron chi connectivity index (χ1n) is 2.34. The number of hydrogen-bond donors (Lipinski definition) is 0. The van der Waals surface area contributed by atoms with Crippen LogP contribution in [0.4, 0.5) is 0 Å². The van der Waals surface area contributed by atoms with Gasteiger partial charge in [0.1, 0.15) is 0 Å². The molecule has 0 heterocycles. The van der Waals surface area contributed by atoms with Crippen molar-refractivity contribution in [2.45, 2.75) is 16.3 Å². The summed E-state index contributed by atoms with van der Waals surface area (Å²) >= 11 is 32.8. The second-order valence-corrected chi connectivity index (χ2v) is 13.5. The molecule has 0 aliphatic heterocycles. The molecule has 0 aromatic heterocycles. The van der Waals surface area contributed by atoms with Crippen molar-refractivity contribution in [3.05, 3.63) is 0 Å². The van der Waals surface area contributed by atoms with Crippen LogP contribution in [-0.2, 0) is 0 Å². The fourth-order valence-electron chi connectivity index (χ4n) is 0.283. The molecule has 0 aliphatic rings. The first-order valence-corrected chi connectivity index (χ1v) is 8.72. The van der Waals surface area contributed by atoms with E-state index in [0.29, 0.717) is 12.5 Å². The molecular weight excluding hydrogens is 277 g/mol. The molecule has 0 nitrogen and oxygen atoms in total. The van der Waals surface area contributed by atoms with E-state index in [1.807, 2.05) is 0 Å². The number of halogens is 6. The molecule has 0 spiro atoms. The van der Waals surface area contributed by atoms with Crippen LogP contribution in [0.3, 0.4) is 0 Å². The summed E-state index contributed by atoms with van der Waals surface area (Å²) in [6, 6.07) is -2.23. The van der Waals surface area contributed by atoms with Gasteiger partial charge in [0, 0.05) is 0 Å². The van der Waals surface area contributed by atoms with Crippen LogP contribution in [0.15, 0.2) is 0 Å². The third kappa shape index (κ3) is 9.96. The molecule has 0 saturated carbocycles. The van der Waals surface area contributed by atoms with Crippen molar-refractivity contribution in [3.8, 4) is 0 Å². The summed E-state index contributed by atoms with van der Waals surface area (Å²) in [5.74, 6) is 0. The summed E-state index contributed by atoms with van der Waals surface area (Å²) in [7, 11) is 0. The van der Waals surface area contributed by atoms with Gasteiger partial charge in [0.2, 0.25) is 0 Å². The maximum Gasteiger partial charge on any atom is 0.341 e. The van der Waals surface area contributed by atoms with Gasteiger partial charge in [-0.25, -0.2) is 0 Å². The first kappa shape index (κ1) is 12.0. The van der Waals surface area contributed by atoms with Gasteiger partial charge >= 0.3 is 6.00 Å². The third-order valence-corrected chi connectivity index (χ3v) is 3.78. The Morgan fingerprint density at radius 3 is 1.50 bits per heavy atom. The lowest BCUT2D eigenvalue weighted by atomic mass is 10.6. The first-order chi connectivity index (χ1) is 4.21. The molecule has 10 heavy (non-hydrogen) atoms. The van der Waals surface area contributed by atoms with Crippen molar-refractivity contribution in [3.63, 3.8) is 0 Å². The van der Waals surface area contributed by atoms with Gasteiger partial charge < -0.3 is 0 Å². The molecule has 0 N–H and O–H groups in total. The normalized spacial score (nSPS) is 13.8. The number of alkyl halides is 3. The molecule has 0 radical (unpaired) electrons. The quantitative estimate of drug-likeness (QED) is 0.399. The predicted octanol–water partition coefficient (Wildman–Crippen LogP) is 4.40. The zero-order valence-corrected chi connectivity index (χ0v) is 10.2. The molecule has 0 fully saturated rings. The number of rotatable bonds is 2. The fraction of sp³-hybridized carbons (Fsp3) is 1.00. The average molecular weight is 281 g/mol. The molecule has 0 aromatic carbocycles. The third-order valence-electron chi connectivity index (χ3n) is 0.692. The summed E-state index contributed by atoms with van der Waals surface area (Å²) in [6.45, 7) is 0. The lowest BCUT2D eigenvalue weighted by Gasteiger charge is -2.12. The lowest BCUT2D eigenvalue weighted by Crippen LogP contribution is -2.13. The molecule has 7 heteroatoms. The predicted molar refractivity (Wildman–Crippen MR) is 53.0 cm³/mol. The van der Waals surface area contributed by atoms with Crippen molar-refractivity contribution >= 4 is 74.0 Å². The fourth-order valence-corrected chi connectivity index (χ4v) is 2.55. The second-order valence-electron chi connectivity index (χ2n) is 1.73. The molecule has 0 saturated heterocycles. The summed E-state index contributed by atoms with van der Waals surface area (Å²) in [5, 5.41) is 0. The van der Waals surface area contributed by atoms with Gasteiger partial charge in [0.05, 0.1) is 0 Å². The Balaban J connectivity index is 3.56. The molecule has 0 aliphatic carbocycles. The largest absolute Gasteiger partial charge is 0.341 e. The monoisotopic (exact) mass is 278 g/mol. The Labute approximate surface area is 89.8 Å². The summed E-state index contributed by atoms with van der Waals surface area (Å²) < 4.78 is -1.29. The van der Waals surface area contributed by atoms with Crippen molar-refractivity contribution in [2.24, 2.45) is 0 Å². The summed E-state index contributed by atoms with van der Waals surface area (Å²) in [5.41, 5.74) is 0. The van der Waals surface area contributed by atoms with E-state index in [0.717, 1.165) is 0 Å². The minimum atomic E-state index is -2.60. The highest BCUT2D eigenvalue weighted by molar-refractivity contribution is 7.64. The van der Waals surface area contributed by atoms with E-state index in [9.17, 15) is 0 Å². The smallest absolute Gasteiger partial charge is 0.126 e. The molecule has 0 bridgehead atoms. The number of hydrogen-bond acceptors (Lipinski definition) is 0. The SMILES string of the molecule is ClC(Cl)(Cl)CC[Si](Cl)(Cl)Cl. The zero-order valence-electron chi connectivity index (χ0n) is 4.68. The zero-order chi connectivity index (χ0) is 8.41. The van der Waals surface area contributed by atoms with E-state index in [4.69, 9.17) is 68.0 Å². The van der Waals surface area contributed by atoms with Crippen LogP contribution < -0.4 is 0 Å². The Morgan fingerprint density at radius 1 is 1.00 bits per heavy atom. The second kappa shape index (κ2) is 4.27. The molecule has 0 amide bonds. The molecular formula is C3H4Cl6Si. The van der Waals surface area contributed by atoms with Crippen LogP contribution in [0.5, 0.6) is 0 Å². The van der Waals surface area contributed by atoms with Crippen LogP contribution in [0.2, 0.25) is 6.04 Å². The maximum atomic E-state index is 5.53. The highest BCUT2D eigenvalue weighted by Crippen LogP contribution is 2.37. The molecule has 0 rings (SSSR count). The highest BCUT2D eigenvalue weighted by Gasteiger charge is 2.30. The van der Waals surface area contributed by atoms with Gasteiger partial charge in [-0.15, -0.1) is 33.2 Å². The molecule has 0 aromatic rings. The maximum absolute atomic E-state index is 5.53. The standard InChI is InChI=1S/C3H4Cl6Si/c4-3(5,6)1-2-10(7,8)9/h1-2H2. The molecule has 0 unspecified atom stereocenters. The van der Waals surface area contributed by atoms with Gasteiger partial charge in [-0.1, -0.05) is 34.8 Å². The van der Waals surface area contributed by atoms with Crippen LogP contribution in [0, 0.1) is 0 Å². The minimum absolute atomic E-state index is 0.292. The van der Waals surface area contributed by atoms with E-state index in [1.165, 1.54) is 0 Å². The van der Waals surface area contributed by atoms with Crippen molar-refractivity contribution < 1.29 is 0 Å². The van der Waals surface area contributed by atoms with Gasteiger partial charge in [-0.3, -0.25) is 0 Å². The topological polar surface area (TPSA) is 0 Å². The molecule has 0 atom stereocenters. The average Bonchev–Trinajstić information content (AvgIpc) is 1.57. The van der Waals surface area contributed by atoms with Crippen LogP contribution in [0.25, 0.3) is 0 Å².